The summed E-state index contributed by atoms with van der Waals surface area (Å²) in [5.74, 6) is -5.41. The van der Waals surface area contributed by atoms with E-state index in [9.17, 15) is 29.1 Å². The summed E-state index contributed by atoms with van der Waals surface area (Å²) in [6.07, 6.45) is -3.02. The Morgan fingerprint density at radius 1 is 0.879 bits per heavy atom. The van der Waals surface area contributed by atoms with Crippen molar-refractivity contribution >= 4 is 29.9 Å². The Morgan fingerprint density at radius 3 is 2.00 bits per heavy atom. The van der Waals surface area contributed by atoms with Gasteiger partial charge in [-0.3, -0.25) is 14.4 Å². The molecule has 0 aromatic heterocycles. The van der Waals surface area contributed by atoms with Crippen molar-refractivity contribution in [2.45, 2.75) is 38.1 Å². The molecule has 0 bridgehead atoms. The minimum absolute atomic E-state index is 0.0881. The zero-order valence-corrected chi connectivity index (χ0v) is 18.7. The Morgan fingerprint density at radius 2 is 1.48 bits per heavy atom. The number of rotatable bonds is 11. The van der Waals surface area contributed by atoms with Gasteiger partial charge in [-0.15, -0.1) is 0 Å². The van der Waals surface area contributed by atoms with Crippen molar-refractivity contribution in [3.05, 3.63) is 35.9 Å². The van der Waals surface area contributed by atoms with Crippen molar-refractivity contribution in [2.75, 3.05) is 21.3 Å². The largest absolute Gasteiger partial charge is 0.469 e. The summed E-state index contributed by atoms with van der Waals surface area (Å²) in [7, 11) is 3.13. The molecule has 2 amide bonds. The monoisotopic (exact) mass is 468 g/mol. The quantitative estimate of drug-likeness (QED) is 0.289. The summed E-state index contributed by atoms with van der Waals surface area (Å²) < 4.78 is 18.8. The molecule has 0 heterocycles. The molecule has 1 aromatic rings. The number of aliphatic hydroxyl groups excluding tert-OH is 1. The van der Waals surface area contributed by atoms with E-state index in [1.54, 1.807) is 30.3 Å². The summed E-state index contributed by atoms with van der Waals surface area (Å²) in [6, 6.07) is 5.51. The molecule has 0 aliphatic heterocycles. The van der Waals surface area contributed by atoms with Gasteiger partial charge < -0.3 is 34.7 Å². The molecule has 0 unspecified atom stereocenters. The van der Waals surface area contributed by atoms with E-state index in [4.69, 9.17) is 4.74 Å². The lowest BCUT2D eigenvalue weighted by Crippen LogP contribution is -2.58. The molecule has 0 spiro atoms. The fraction of sp³-hybridized carbons (Fsp3) is 0.476. The third-order valence-electron chi connectivity index (χ3n) is 4.52. The highest BCUT2D eigenvalue weighted by Crippen LogP contribution is 2.15. The van der Waals surface area contributed by atoms with E-state index in [-0.39, 0.29) is 6.61 Å². The average molecular weight is 468 g/mol. The van der Waals surface area contributed by atoms with Gasteiger partial charge in [-0.25, -0.2) is 9.59 Å². The topological polar surface area (TPSA) is 167 Å². The lowest BCUT2D eigenvalue weighted by Gasteiger charge is -2.27. The van der Waals surface area contributed by atoms with E-state index in [1.165, 1.54) is 6.92 Å². The van der Waals surface area contributed by atoms with Crippen molar-refractivity contribution in [3.8, 4) is 0 Å². The highest BCUT2D eigenvalue weighted by atomic mass is 16.6. The summed E-state index contributed by atoms with van der Waals surface area (Å²) >= 11 is 0. The number of benzene rings is 1. The number of nitrogens with one attached hydrogen (secondary N) is 2. The summed E-state index contributed by atoms with van der Waals surface area (Å²) in [4.78, 5) is 61.1. The first-order valence-electron chi connectivity index (χ1n) is 9.82. The van der Waals surface area contributed by atoms with Crippen LogP contribution in [0.1, 0.15) is 18.9 Å². The number of alkyl carbamates (subject to hydrolysis) is 1. The average Bonchev–Trinajstić information content (AvgIpc) is 2.82. The predicted molar refractivity (Wildman–Crippen MR) is 111 cm³/mol. The molecule has 0 radical (unpaired) electrons. The van der Waals surface area contributed by atoms with Crippen LogP contribution in [0.4, 0.5) is 4.79 Å². The summed E-state index contributed by atoms with van der Waals surface area (Å²) in [6.45, 7) is 1.14. The maximum absolute atomic E-state index is 12.8. The zero-order valence-electron chi connectivity index (χ0n) is 18.7. The van der Waals surface area contributed by atoms with Crippen molar-refractivity contribution in [1.29, 1.82) is 0 Å². The van der Waals surface area contributed by atoms with Gasteiger partial charge in [0.25, 0.3) is 0 Å². The fourth-order valence-electron chi connectivity index (χ4n) is 2.74. The van der Waals surface area contributed by atoms with E-state index in [1.807, 2.05) is 0 Å². The molecule has 0 fully saturated rings. The molecule has 1 aromatic carbocycles. The van der Waals surface area contributed by atoms with Crippen molar-refractivity contribution in [1.82, 2.24) is 10.6 Å². The van der Waals surface area contributed by atoms with Gasteiger partial charge >= 0.3 is 24.0 Å². The first-order valence-corrected chi connectivity index (χ1v) is 9.82. The van der Waals surface area contributed by atoms with Crippen LogP contribution in [0, 0.1) is 5.92 Å². The van der Waals surface area contributed by atoms with Gasteiger partial charge in [-0.05, 0) is 12.5 Å². The maximum Gasteiger partial charge on any atom is 0.408 e. The number of hydrogen-bond acceptors (Lipinski definition) is 10. The van der Waals surface area contributed by atoms with Gasteiger partial charge in [0.05, 0.1) is 39.8 Å². The predicted octanol–water partition coefficient (Wildman–Crippen LogP) is -0.328. The fourth-order valence-corrected chi connectivity index (χ4v) is 2.74. The van der Waals surface area contributed by atoms with Crippen LogP contribution in [-0.2, 0) is 44.7 Å². The molecule has 12 heteroatoms. The first kappa shape index (κ1) is 27.4. The third kappa shape index (κ3) is 8.77. The molecule has 182 valence electrons. The zero-order chi connectivity index (χ0) is 25.0. The van der Waals surface area contributed by atoms with E-state index in [2.05, 4.69) is 24.8 Å². The maximum atomic E-state index is 12.8. The molecule has 4 atom stereocenters. The van der Waals surface area contributed by atoms with Gasteiger partial charge in [0.1, 0.15) is 18.7 Å². The SMILES string of the molecule is COC(=O)C[C@H](C(=O)OC)[C@@H](NC(=O)[C@@H](NC(=O)OCc1ccccc1)[C@@H](C)O)C(=O)OC. The minimum Gasteiger partial charge on any atom is -0.469 e. The van der Waals surface area contributed by atoms with Crippen molar-refractivity contribution < 1.29 is 48.0 Å². The van der Waals surface area contributed by atoms with Crippen LogP contribution in [0.25, 0.3) is 0 Å². The number of carbonyl (C=O) groups is 5. The molecule has 1 rings (SSSR count). The van der Waals surface area contributed by atoms with Crippen molar-refractivity contribution in [2.24, 2.45) is 5.92 Å². The van der Waals surface area contributed by atoms with Gasteiger partial charge in [-0.2, -0.15) is 0 Å². The Labute approximate surface area is 190 Å². The normalized spacial score (nSPS) is 14.0. The van der Waals surface area contributed by atoms with Crippen LogP contribution in [0.5, 0.6) is 0 Å². The third-order valence-corrected chi connectivity index (χ3v) is 4.52. The molecule has 3 N–H and O–H groups in total. The number of hydrogen-bond donors (Lipinski definition) is 3. The number of aliphatic hydroxyl groups is 1. The van der Waals surface area contributed by atoms with Crippen LogP contribution in [0.2, 0.25) is 0 Å². The van der Waals surface area contributed by atoms with E-state index in [0.29, 0.717) is 5.56 Å². The molecular weight excluding hydrogens is 440 g/mol. The van der Waals surface area contributed by atoms with Crippen LogP contribution in [0.3, 0.4) is 0 Å². The lowest BCUT2D eigenvalue weighted by atomic mass is 9.95. The smallest absolute Gasteiger partial charge is 0.408 e. The number of methoxy groups -OCH3 is 3. The first-order chi connectivity index (χ1) is 15.6. The minimum atomic E-state index is -1.67. The highest BCUT2D eigenvalue weighted by molar-refractivity contribution is 5.93. The van der Waals surface area contributed by atoms with Crippen LogP contribution < -0.4 is 10.6 Å². The number of amides is 2. The van der Waals surface area contributed by atoms with Gasteiger partial charge in [0.15, 0.2) is 0 Å². The van der Waals surface area contributed by atoms with E-state index < -0.39 is 60.4 Å². The number of carbonyl (C=O) groups excluding carboxylic acids is 5. The molecular formula is C21H28N2O10. The Balaban J connectivity index is 2.97. The van der Waals surface area contributed by atoms with Gasteiger partial charge in [0.2, 0.25) is 5.91 Å². The van der Waals surface area contributed by atoms with Gasteiger partial charge in [0, 0.05) is 0 Å². The van der Waals surface area contributed by atoms with Crippen LogP contribution in [0.15, 0.2) is 30.3 Å². The standard InChI is InChI=1S/C21H28N2O10/c1-12(24)16(23-21(29)33-11-13-8-6-5-7-9-13)18(26)22-17(20(28)32-4)14(19(27)31-3)10-15(25)30-2/h5-9,12,14,16-17,24H,10-11H2,1-4H3,(H,22,26)(H,23,29)/t12-,14+,16+,17-/m1/s1. The van der Waals surface area contributed by atoms with E-state index in [0.717, 1.165) is 21.3 Å². The molecule has 0 saturated carbocycles. The lowest BCUT2D eigenvalue weighted by molar-refractivity contribution is -0.159. The molecule has 0 aliphatic carbocycles. The molecule has 0 aliphatic rings. The summed E-state index contributed by atoms with van der Waals surface area (Å²) in [5.41, 5.74) is 0.695. The molecule has 0 saturated heterocycles. The van der Waals surface area contributed by atoms with E-state index >= 15 is 0 Å². The summed E-state index contributed by atoms with van der Waals surface area (Å²) in [5, 5.41) is 14.4. The highest BCUT2D eigenvalue weighted by Gasteiger charge is 2.40. The molecule has 12 nitrogen and oxygen atoms in total. The second-order valence-electron chi connectivity index (χ2n) is 6.84. The Bertz CT molecular complexity index is 828. The Hall–Kier alpha value is -3.67. The van der Waals surface area contributed by atoms with Crippen LogP contribution >= 0.6 is 0 Å². The second kappa shape index (κ2) is 13.7. The number of esters is 3. The second-order valence-corrected chi connectivity index (χ2v) is 6.84. The van der Waals surface area contributed by atoms with Crippen molar-refractivity contribution in [3.63, 3.8) is 0 Å². The molecule has 33 heavy (non-hydrogen) atoms. The van der Waals surface area contributed by atoms with Crippen LogP contribution in [-0.4, -0.2) is 74.5 Å². The van der Waals surface area contributed by atoms with Gasteiger partial charge in [-0.1, -0.05) is 30.3 Å². The Kier molecular flexibility index (Phi) is 11.3. The number of ether oxygens (including phenoxy) is 4.